The summed E-state index contributed by atoms with van der Waals surface area (Å²) in [6.07, 6.45) is 0.613. The number of carbonyl (C=O) groups is 2. The minimum Gasteiger partial charge on any atom is -0.493 e. The van der Waals surface area contributed by atoms with E-state index in [0.717, 1.165) is 11.3 Å². The molecule has 1 aliphatic rings. The van der Waals surface area contributed by atoms with E-state index in [4.69, 9.17) is 9.47 Å². The largest absolute Gasteiger partial charge is 0.493 e. The zero-order valence-electron chi connectivity index (χ0n) is 13.8. The van der Waals surface area contributed by atoms with Crippen LogP contribution in [0.2, 0.25) is 0 Å². The highest BCUT2D eigenvalue weighted by atomic mass is 16.5. The van der Waals surface area contributed by atoms with Crippen molar-refractivity contribution in [3.05, 3.63) is 54.1 Å². The Morgan fingerprint density at radius 1 is 1.20 bits per heavy atom. The molecule has 0 unspecified atom stereocenters. The number of fused-ring (bicyclic) bond motifs is 1. The normalized spacial score (nSPS) is 13.0. The van der Waals surface area contributed by atoms with Gasteiger partial charge in [-0.2, -0.15) is 0 Å². The molecular formula is C19H20N2O4. The predicted octanol–water partition coefficient (Wildman–Crippen LogP) is 2.49. The van der Waals surface area contributed by atoms with Crippen LogP contribution < -0.4 is 20.1 Å². The smallest absolute Gasteiger partial charge is 0.227 e. The summed E-state index contributed by atoms with van der Waals surface area (Å²) in [6, 6.07) is 14.9. The summed E-state index contributed by atoms with van der Waals surface area (Å²) in [4.78, 5) is 23.5. The summed E-state index contributed by atoms with van der Waals surface area (Å²) in [5.74, 6) is 1.23. The lowest BCUT2D eigenvalue weighted by atomic mass is 10.2. The first kappa shape index (κ1) is 16.8. The molecule has 6 nitrogen and oxygen atoms in total. The van der Waals surface area contributed by atoms with Crippen molar-refractivity contribution in [1.29, 1.82) is 0 Å². The van der Waals surface area contributed by atoms with Crippen LogP contribution >= 0.6 is 0 Å². The van der Waals surface area contributed by atoms with E-state index in [1.54, 1.807) is 6.07 Å². The monoisotopic (exact) mass is 340 g/mol. The van der Waals surface area contributed by atoms with Gasteiger partial charge in [-0.25, -0.2) is 0 Å². The van der Waals surface area contributed by atoms with Crippen molar-refractivity contribution in [3.63, 3.8) is 0 Å². The second kappa shape index (κ2) is 8.19. The molecule has 3 rings (SSSR count). The molecule has 1 aliphatic heterocycles. The predicted molar refractivity (Wildman–Crippen MR) is 93.6 cm³/mol. The van der Waals surface area contributed by atoms with Gasteiger partial charge in [-0.1, -0.05) is 24.3 Å². The lowest BCUT2D eigenvalue weighted by molar-refractivity contribution is -0.121. The van der Waals surface area contributed by atoms with Gasteiger partial charge in [0, 0.05) is 6.54 Å². The maximum absolute atomic E-state index is 11.9. The zero-order valence-corrected chi connectivity index (χ0v) is 13.8. The standard InChI is InChI=1S/C19H20N2O4/c22-18(8-10-24-15-4-2-1-3-5-15)20-13-14-6-7-17-16(12-14)21-19(23)9-11-25-17/h1-7,12H,8-11,13H2,(H,20,22)(H,21,23). The molecule has 0 aromatic heterocycles. The van der Waals surface area contributed by atoms with E-state index in [-0.39, 0.29) is 18.2 Å². The van der Waals surface area contributed by atoms with Crippen LogP contribution in [-0.2, 0) is 16.1 Å². The molecule has 25 heavy (non-hydrogen) atoms. The van der Waals surface area contributed by atoms with Gasteiger partial charge in [-0.3, -0.25) is 9.59 Å². The summed E-state index contributed by atoms with van der Waals surface area (Å²) in [6.45, 7) is 1.08. The maximum atomic E-state index is 11.9. The highest BCUT2D eigenvalue weighted by molar-refractivity contribution is 5.93. The highest BCUT2D eigenvalue weighted by Crippen LogP contribution is 2.28. The molecule has 0 atom stereocenters. The number of carbonyl (C=O) groups excluding carboxylic acids is 2. The summed E-state index contributed by atoms with van der Waals surface area (Å²) in [7, 11) is 0. The van der Waals surface area contributed by atoms with Crippen molar-refractivity contribution in [2.24, 2.45) is 0 Å². The van der Waals surface area contributed by atoms with Crippen molar-refractivity contribution in [1.82, 2.24) is 5.32 Å². The van der Waals surface area contributed by atoms with Crippen molar-refractivity contribution >= 4 is 17.5 Å². The molecule has 1 heterocycles. The third kappa shape index (κ3) is 4.97. The van der Waals surface area contributed by atoms with Crippen LogP contribution in [0.3, 0.4) is 0 Å². The fraction of sp³-hybridized carbons (Fsp3) is 0.263. The Balaban J connectivity index is 1.46. The second-order valence-electron chi connectivity index (χ2n) is 5.67. The lowest BCUT2D eigenvalue weighted by Crippen LogP contribution is -2.24. The van der Waals surface area contributed by atoms with Crippen LogP contribution in [0.25, 0.3) is 0 Å². The molecule has 6 heteroatoms. The Morgan fingerprint density at radius 2 is 2.04 bits per heavy atom. The van der Waals surface area contributed by atoms with Crippen molar-refractivity contribution in [2.75, 3.05) is 18.5 Å². The Labute approximate surface area is 146 Å². The average Bonchev–Trinajstić information content (AvgIpc) is 2.81. The van der Waals surface area contributed by atoms with Gasteiger partial charge < -0.3 is 20.1 Å². The fourth-order valence-electron chi connectivity index (χ4n) is 2.44. The average molecular weight is 340 g/mol. The third-order valence-electron chi connectivity index (χ3n) is 3.74. The molecule has 0 fully saturated rings. The molecule has 0 spiro atoms. The van der Waals surface area contributed by atoms with E-state index in [0.29, 0.717) is 37.6 Å². The maximum Gasteiger partial charge on any atom is 0.227 e. The molecule has 0 saturated heterocycles. The van der Waals surface area contributed by atoms with Gasteiger partial charge in [0.2, 0.25) is 11.8 Å². The quantitative estimate of drug-likeness (QED) is 0.847. The molecule has 2 N–H and O–H groups in total. The topological polar surface area (TPSA) is 76.7 Å². The number of hydrogen-bond acceptors (Lipinski definition) is 4. The number of rotatable bonds is 6. The Kier molecular flexibility index (Phi) is 5.51. The molecule has 0 bridgehead atoms. The Morgan fingerprint density at radius 3 is 2.88 bits per heavy atom. The van der Waals surface area contributed by atoms with Crippen molar-refractivity contribution < 1.29 is 19.1 Å². The van der Waals surface area contributed by atoms with Crippen LogP contribution in [0.1, 0.15) is 18.4 Å². The van der Waals surface area contributed by atoms with E-state index >= 15 is 0 Å². The second-order valence-corrected chi connectivity index (χ2v) is 5.67. The number of benzene rings is 2. The van der Waals surface area contributed by atoms with Crippen LogP contribution in [0.15, 0.2) is 48.5 Å². The van der Waals surface area contributed by atoms with E-state index in [1.165, 1.54) is 0 Å². The van der Waals surface area contributed by atoms with Gasteiger partial charge in [0.1, 0.15) is 11.5 Å². The number of hydrogen-bond donors (Lipinski definition) is 2. The SMILES string of the molecule is O=C(CCOc1ccccc1)NCc1ccc2c(c1)NC(=O)CCO2. The van der Waals surface area contributed by atoms with E-state index < -0.39 is 0 Å². The van der Waals surface area contributed by atoms with Gasteiger partial charge in [-0.15, -0.1) is 0 Å². The molecule has 130 valence electrons. The number of para-hydroxylation sites is 1. The van der Waals surface area contributed by atoms with E-state index in [9.17, 15) is 9.59 Å². The van der Waals surface area contributed by atoms with Gasteiger partial charge in [-0.05, 0) is 29.8 Å². The number of nitrogens with one attached hydrogen (secondary N) is 2. The molecule has 0 saturated carbocycles. The van der Waals surface area contributed by atoms with Crippen molar-refractivity contribution in [3.8, 4) is 11.5 Å². The molecule has 2 aromatic carbocycles. The Bertz CT molecular complexity index is 746. The Hall–Kier alpha value is -3.02. The van der Waals surface area contributed by atoms with Gasteiger partial charge in [0.05, 0.1) is 31.7 Å². The fourth-order valence-corrected chi connectivity index (χ4v) is 2.44. The molecule has 0 aliphatic carbocycles. The summed E-state index contributed by atoms with van der Waals surface area (Å²) < 4.78 is 11.0. The minimum atomic E-state index is -0.0915. The first-order valence-corrected chi connectivity index (χ1v) is 8.21. The van der Waals surface area contributed by atoms with Crippen molar-refractivity contribution in [2.45, 2.75) is 19.4 Å². The zero-order chi connectivity index (χ0) is 17.5. The molecular weight excluding hydrogens is 320 g/mol. The van der Waals surface area contributed by atoms with Gasteiger partial charge >= 0.3 is 0 Å². The summed E-state index contributed by atoms with van der Waals surface area (Å²) in [5.41, 5.74) is 1.53. The first-order valence-electron chi connectivity index (χ1n) is 8.21. The third-order valence-corrected chi connectivity index (χ3v) is 3.74. The molecule has 2 amide bonds. The van der Waals surface area contributed by atoms with Crippen LogP contribution in [-0.4, -0.2) is 25.0 Å². The van der Waals surface area contributed by atoms with Gasteiger partial charge in [0.15, 0.2) is 0 Å². The lowest BCUT2D eigenvalue weighted by Gasteiger charge is -2.11. The van der Waals surface area contributed by atoms with Gasteiger partial charge in [0.25, 0.3) is 0 Å². The summed E-state index contributed by atoms with van der Waals surface area (Å²) >= 11 is 0. The highest BCUT2D eigenvalue weighted by Gasteiger charge is 2.14. The number of anilines is 1. The van der Waals surface area contributed by atoms with Crippen LogP contribution in [0, 0.1) is 0 Å². The van der Waals surface area contributed by atoms with E-state index in [1.807, 2.05) is 42.5 Å². The number of ether oxygens (including phenoxy) is 2. The van der Waals surface area contributed by atoms with E-state index in [2.05, 4.69) is 10.6 Å². The minimum absolute atomic E-state index is 0.0713. The summed E-state index contributed by atoms with van der Waals surface area (Å²) in [5, 5.41) is 5.65. The van der Waals surface area contributed by atoms with Crippen LogP contribution in [0.4, 0.5) is 5.69 Å². The molecule has 0 radical (unpaired) electrons. The van der Waals surface area contributed by atoms with Crippen LogP contribution in [0.5, 0.6) is 11.5 Å². The first-order chi connectivity index (χ1) is 12.2. The number of amides is 2. The molecule has 2 aromatic rings.